The summed E-state index contributed by atoms with van der Waals surface area (Å²) >= 11 is 0. The standard InChI is InChI=1S/C21H29N5O2/c1-16-12-23-26(14-16)19-5-8-22-13-20(19)24-10-6-17(7-11-24)21(27)25-9-3-4-18(25)15-28-2/h5,8,12-14,17-18H,3-4,6-7,9-11,15H2,1-2H3/t18-/m1/s1. The Morgan fingerprint density at radius 2 is 2.00 bits per heavy atom. The van der Waals surface area contributed by atoms with Gasteiger partial charge in [-0.1, -0.05) is 0 Å². The highest BCUT2D eigenvalue weighted by Gasteiger charge is 2.35. The molecular weight excluding hydrogens is 354 g/mol. The van der Waals surface area contributed by atoms with Crippen LogP contribution in [0.15, 0.2) is 30.9 Å². The van der Waals surface area contributed by atoms with Crippen LogP contribution in [0.4, 0.5) is 5.69 Å². The van der Waals surface area contributed by atoms with Gasteiger partial charge < -0.3 is 14.5 Å². The van der Waals surface area contributed by atoms with Crippen LogP contribution >= 0.6 is 0 Å². The van der Waals surface area contributed by atoms with E-state index in [-0.39, 0.29) is 12.0 Å². The van der Waals surface area contributed by atoms with E-state index >= 15 is 0 Å². The lowest BCUT2D eigenvalue weighted by atomic mass is 9.94. The Balaban J connectivity index is 1.43. The van der Waals surface area contributed by atoms with Gasteiger partial charge in [-0.3, -0.25) is 9.78 Å². The summed E-state index contributed by atoms with van der Waals surface area (Å²) in [6.07, 6.45) is 11.5. The lowest BCUT2D eigenvalue weighted by Crippen LogP contribution is -2.45. The number of carbonyl (C=O) groups excluding carboxylic acids is 1. The average Bonchev–Trinajstić information content (AvgIpc) is 3.37. The van der Waals surface area contributed by atoms with Gasteiger partial charge in [-0.25, -0.2) is 4.68 Å². The predicted molar refractivity (Wildman–Crippen MR) is 108 cm³/mol. The SMILES string of the molecule is COC[C@H]1CCCN1C(=O)C1CCN(c2cnccc2-n2cc(C)cn2)CC1. The minimum Gasteiger partial charge on any atom is -0.383 e. The number of methoxy groups -OCH3 is 1. The zero-order chi connectivity index (χ0) is 19.5. The molecule has 2 aliphatic heterocycles. The monoisotopic (exact) mass is 383 g/mol. The van der Waals surface area contributed by atoms with Gasteiger partial charge in [0, 0.05) is 45.1 Å². The summed E-state index contributed by atoms with van der Waals surface area (Å²) in [5.74, 6) is 0.425. The highest BCUT2D eigenvalue weighted by atomic mass is 16.5. The van der Waals surface area contributed by atoms with E-state index < -0.39 is 0 Å². The molecule has 0 unspecified atom stereocenters. The van der Waals surface area contributed by atoms with E-state index in [1.807, 2.05) is 36.3 Å². The molecule has 2 saturated heterocycles. The molecule has 2 aliphatic rings. The third kappa shape index (κ3) is 3.76. The summed E-state index contributed by atoms with van der Waals surface area (Å²) in [6.45, 7) is 5.28. The normalized spacial score (nSPS) is 20.7. The van der Waals surface area contributed by atoms with E-state index in [4.69, 9.17) is 4.74 Å². The fraction of sp³-hybridized carbons (Fsp3) is 0.571. The second kappa shape index (κ2) is 8.31. The summed E-state index contributed by atoms with van der Waals surface area (Å²) in [6, 6.07) is 2.25. The summed E-state index contributed by atoms with van der Waals surface area (Å²) in [7, 11) is 1.71. The zero-order valence-electron chi connectivity index (χ0n) is 16.8. The van der Waals surface area contributed by atoms with E-state index in [2.05, 4.69) is 19.9 Å². The van der Waals surface area contributed by atoms with Crippen molar-refractivity contribution in [2.75, 3.05) is 38.3 Å². The second-order valence-electron chi connectivity index (χ2n) is 7.87. The highest BCUT2D eigenvalue weighted by molar-refractivity contribution is 5.80. The molecule has 0 N–H and O–H groups in total. The van der Waals surface area contributed by atoms with E-state index in [0.717, 1.165) is 62.3 Å². The Morgan fingerprint density at radius 1 is 1.18 bits per heavy atom. The molecule has 7 nitrogen and oxygen atoms in total. The summed E-state index contributed by atoms with van der Waals surface area (Å²) < 4.78 is 7.21. The first-order valence-electron chi connectivity index (χ1n) is 10.2. The van der Waals surface area contributed by atoms with E-state index in [9.17, 15) is 4.79 Å². The van der Waals surface area contributed by atoms with Gasteiger partial charge in [0.25, 0.3) is 0 Å². The van der Waals surface area contributed by atoms with Crippen molar-refractivity contribution >= 4 is 11.6 Å². The van der Waals surface area contributed by atoms with Gasteiger partial charge in [-0.05, 0) is 44.2 Å². The van der Waals surface area contributed by atoms with Gasteiger partial charge in [0.15, 0.2) is 0 Å². The molecule has 0 spiro atoms. The number of anilines is 1. The predicted octanol–water partition coefficient (Wildman–Crippen LogP) is 2.43. The number of amides is 1. The van der Waals surface area contributed by atoms with Gasteiger partial charge in [-0.15, -0.1) is 0 Å². The summed E-state index contributed by atoms with van der Waals surface area (Å²) in [5.41, 5.74) is 3.24. The first-order chi connectivity index (χ1) is 13.7. The maximum atomic E-state index is 13.0. The van der Waals surface area contributed by atoms with Crippen molar-refractivity contribution in [3.05, 3.63) is 36.4 Å². The maximum Gasteiger partial charge on any atom is 0.226 e. The third-order valence-corrected chi connectivity index (χ3v) is 5.94. The molecule has 0 bridgehead atoms. The van der Waals surface area contributed by atoms with Crippen molar-refractivity contribution in [3.63, 3.8) is 0 Å². The van der Waals surface area contributed by atoms with E-state index in [1.165, 1.54) is 0 Å². The molecule has 0 saturated carbocycles. The summed E-state index contributed by atoms with van der Waals surface area (Å²) in [5, 5.41) is 4.45. The van der Waals surface area contributed by atoms with Crippen LogP contribution in [0.5, 0.6) is 0 Å². The number of piperidine rings is 1. The van der Waals surface area contributed by atoms with Crippen molar-refractivity contribution in [2.45, 2.75) is 38.6 Å². The Morgan fingerprint density at radius 3 is 2.71 bits per heavy atom. The molecule has 2 aromatic rings. The fourth-order valence-corrected chi connectivity index (χ4v) is 4.45. The molecule has 2 aromatic heterocycles. The smallest absolute Gasteiger partial charge is 0.226 e. The van der Waals surface area contributed by atoms with Crippen LogP contribution in [-0.2, 0) is 9.53 Å². The minimum absolute atomic E-state index is 0.112. The zero-order valence-corrected chi connectivity index (χ0v) is 16.8. The van der Waals surface area contributed by atoms with Gasteiger partial charge in [-0.2, -0.15) is 5.10 Å². The first kappa shape index (κ1) is 18.9. The van der Waals surface area contributed by atoms with Crippen LogP contribution in [-0.4, -0.2) is 65.0 Å². The van der Waals surface area contributed by atoms with Crippen molar-refractivity contribution in [1.82, 2.24) is 19.7 Å². The average molecular weight is 383 g/mol. The number of nitrogens with zero attached hydrogens (tertiary/aromatic N) is 5. The number of aromatic nitrogens is 3. The van der Waals surface area contributed by atoms with Crippen LogP contribution in [0.3, 0.4) is 0 Å². The van der Waals surface area contributed by atoms with Crippen LogP contribution in [0.1, 0.15) is 31.2 Å². The molecule has 28 heavy (non-hydrogen) atoms. The Kier molecular flexibility index (Phi) is 5.62. The number of ether oxygens (including phenoxy) is 1. The molecule has 150 valence electrons. The van der Waals surface area contributed by atoms with Crippen LogP contribution in [0, 0.1) is 12.8 Å². The molecular formula is C21H29N5O2. The highest BCUT2D eigenvalue weighted by Crippen LogP contribution is 2.30. The second-order valence-corrected chi connectivity index (χ2v) is 7.87. The number of hydrogen-bond acceptors (Lipinski definition) is 5. The van der Waals surface area contributed by atoms with Gasteiger partial charge in [0.2, 0.25) is 5.91 Å². The molecule has 2 fully saturated rings. The minimum atomic E-state index is 0.112. The fourth-order valence-electron chi connectivity index (χ4n) is 4.45. The number of rotatable bonds is 5. The molecule has 0 aromatic carbocycles. The van der Waals surface area contributed by atoms with E-state index in [0.29, 0.717) is 12.5 Å². The van der Waals surface area contributed by atoms with Gasteiger partial charge in [0.1, 0.15) is 0 Å². The Hall–Kier alpha value is -2.41. The Labute approximate surface area is 166 Å². The Bertz CT molecular complexity index is 813. The topological polar surface area (TPSA) is 63.5 Å². The number of pyridine rings is 1. The number of likely N-dealkylation sites (tertiary alicyclic amines) is 1. The number of aryl methyl sites for hydroxylation is 1. The molecule has 7 heteroatoms. The number of carbonyl (C=O) groups is 1. The van der Waals surface area contributed by atoms with Crippen LogP contribution in [0.2, 0.25) is 0 Å². The van der Waals surface area contributed by atoms with Crippen LogP contribution < -0.4 is 4.90 Å². The van der Waals surface area contributed by atoms with Gasteiger partial charge in [0.05, 0.1) is 36.4 Å². The maximum absolute atomic E-state index is 13.0. The van der Waals surface area contributed by atoms with Crippen molar-refractivity contribution in [1.29, 1.82) is 0 Å². The lowest BCUT2D eigenvalue weighted by Gasteiger charge is -2.36. The molecule has 0 radical (unpaired) electrons. The third-order valence-electron chi connectivity index (χ3n) is 5.94. The van der Waals surface area contributed by atoms with Crippen molar-refractivity contribution in [3.8, 4) is 5.69 Å². The lowest BCUT2D eigenvalue weighted by molar-refractivity contribution is -0.137. The van der Waals surface area contributed by atoms with Crippen LogP contribution in [0.25, 0.3) is 5.69 Å². The largest absolute Gasteiger partial charge is 0.383 e. The molecule has 4 rings (SSSR count). The first-order valence-corrected chi connectivity index (χ1v) is 10.2. The van der Waals surface area contributed by atoms with Crippen molar-refractivity contribution in [2.24, 2.45) is 5.92 Å². The molecule has 0 aliphatic carbocycles. The summed E-state index contributed by atoms with van der Waals surface area (Å²) in [4.78, 5) is 21.8. The van der Waals surface area contributed by atoms with Crippen molar-refractivity contribution < 1.29 is 9.53 Å². The number of hydrogen-bond donors (Lipinski definition) is 0. The van der Waals surface area contributed by atoms with Gasteiger partial charge >= 0.3 is 0 Å². The molecule has 1 amide bonds. The van der Waals surface area contributed by atoms with E-state index in [1.54, 1.807) is 13.3 Å². The quantitative estimate of drug-likeness (QED) is 0.794. The molecule has 4 heterocycles. The molecule has 1 atom stereocenters.